The second-order valence-electron chi connectivity index (χ2n) is 36.4. The Morgan fingerprint density at radius 1 is 0.373 bits per heavy atom. The van der Waals surface area contributed by atoms with Gasteiger partial charge in [-0.15, -0.1) is 0 Å². The van der Waals surface area contributed by atoms with Gasteiger partial charge in [0.25, 0.3) is 0 Å². The van der Waals surface area contributed by atoms with Gasteiger partial charge in [0.05, 0.1) is 43.0 Å². The van der Waals surface area contributed by atoms with E-state index in [0.29, 0.717) is 86.4 Å². The Balaban J connectivity index is 0.00000127. The van der Waals surface area contributed by atoms with Crippen LogP contribution >= 0.6 is 0 Å². The highest BCUT2D eigenvalue weighted by molar-refractivity contribution is 5.77. The standard InChI is InChI=1S/2C8H15NO3.2C8H15NO2.C8H13NO2.C7H13NO2.3C7H15NO.C7H17NO.C6H13NO.C6H13N/c1-5(2)9-4-6(10)3-7(9)8(11)12;1-5(2)9-4-3-6(10)7(9)8(11)12;1-6(2)9-4-3-7(5-9)8(10)11;2*1-6(2)9-5-3-4-7(9)8(10)11;1-5(2)8-4-3-6(8)7(9)10;1-6(2)8-4-7(5-8)9-3;1-6(2)8-4-3-7(9)5-8;1-6(2)8-5-3-4-7(8)9;1-7(2)8(3)5-6-9-4;1-5(2)7-3-6(8)4-7;1-6(2)7-4-3-5-7/h2*5-7,10H,3-4H2,1-2H3,(H,11,12);2*6-7H,3-5H2,1-2H3,(H,10,11);3-4,6-7H,5H2,1-2H3,(H,10,11);5-6H,3-4H2,1-2H3,(H,9,10);6-7H,4-5H2,1-3H3;2*6-7,9H,3-5H2,1-2H3;7H,5-6H2,1-4H3;5-6,8H,3-4H2,1-2H3;6H,3-5H2,1-2H3. The molecule has 0 saturated carbocycles. The minimum Gasteiger partial charge on any atom is -0.481 e. The number of carboxylic acid groups (broad SMARTS) is 6. The molecule has 10 fully saturated rings. The molecule has 0 radical (unpaired) electrons. The molecule has 0 amide bonds. The van der Waals surface area contributed by atoms with Crippen LogP contribution in [-0.2, 0) is 38.2 Å². The molecule has 118 heavy (non-hydrogen) atoms. The highest BCUT2D eigenvalue weighted by Gasteiger charge is 2.41. The number of likely N-dealkylation sites (N-methyl/N-ethyl adjacent to an activating group) is 1. The molecule has 31 nitrogen and oxygen atoms in total. The van der Waals surface area contributed by atoms with Gasteiger partial charge < -0.3 is 80.3 Å². The van der Waals surface area contributed by atoms with Crippen molar-refractivity contribution in [1.82, 2.24) is 58.8 Å². The quantitative estimate of drug-likeness (QED) is 0.0486. The number of methoxy groups -OCH3 is 2. The van der Waals surface area contributed by atoms with Crippen LogP contribution in [0.4, 0.5) is 0 Å². The van der Waals surface area contributed by atoms with E-state index in [2.05, 4.69) is 138 Å². The molecule has 11 aliphatic heterocycles. The fourth-order valence-electron chi connectivity index (χ4n) is 15.0. The number of β-amino-alcohol motifs (C(OH)–C–C–N with tert-alkyl or cyclic N) is 3. The van der Waals surface area contributed by atoms with Gasteiger partial charge in [-0.2, -0.15) is 0 Å². The minimum atomic E-state index is -0.922. The zero-order valence-electron chi connectivity index (χ0n) is 78.4. The average molecular weight is 1690 g/mol. The van der Waals surface area contributed by atoms with E-state index in [1.165, 1.54) is 19.5 Å². The number of aliphatic carboxylic acids is 6. The van der Waals surface area contributed by atoms with E-state index in [1.54, 1.807) is 20.3 Å². The summed E-state index contributed by atoms with van der Waals surface area (Å²) in [5.41, 5.74) is 0. The summed E-state index contributed by atoms with van der Waals surface area (Å²) >= 11 is 0. The molecule has 0 aromatic heterocycles. The molecule has 0 spiro atoms. The van der Waals surface area contributed by atoms with E-state index < -0.39 is 66.1 Å². The first-order chi connectivity index (χ1) is 54.9. The smallest absolute Gasteiger partial charge is 0.324 e. The van der Waals surface area contributed by atoms with Crippen molar-refractivity contribution in [3.8, 4) is 0 Å². The van der Waals surface area contributed by atoms with Crippen LogP contribution in [0.2, 0.25) is 0 Å². The first kappa shape index (κ1) is 114. The second-order valence-corrected chi connectivity index (χ2v) is 36.4. The normalized spacial score (nSPS) is 26.0. The highest BCUT2D eigenvalue weighted by atomic mass is 16.5. The number of hydrogen-bond donors (Lipinski definition) is 11. The van der Waals surface area contributed by atoms with E-state index in [0.717, 1.165) is 143 Å². The number of nitrogens with zero attached hydrogens (tertiary/aromatic N) is 12. The Morgan fingerprint density at radius 2 is 0.805 bits per heavy atom. The summed E-state index contributed by atoms with van der Waals surface area (Å²) in [6, 6.07) is 3.65. The van der Waals surface area contributed by atoms with E-state index in [-0.39, 0.29) is 48.5 Å². The lowest BCUT2D eigenvalue weighted by Gasteiger charge is -2.40. The molecular formula is C87H174N12O19. The number of rotatable bonds is 22. The van der Waals surface area contributed by atoms with Crippen molar-refractivity contribution in [2.24, 2.45) is 5.92 Å². The first-order valence-corrected chi connectivity index (χ1v) is 44.3. The summed E-state index contributed by atoms with van der Waals surface area (Å²) in [5, 5.41) is 98.3. The third-order valence-electron chi connectivity index (χ3n) is 23.6. The predicted molar refractivity (Wildman–Crippen MR) is 469 cm³/mol. The van der Waals surface area contributed by atoms with Gasteiger partial charge in [0.2, 0.25) is 0 Å². The zero-order valence-corrected chi connectivity index (χ0v) is 78.4. The number of hydrogen-bond acceptors (Lipinski definition) is 25. The summed E-state index contributed by atoms with van der Waals surface area (Å²) in [5.74, 6) is -4.64. The molecule has 10 saturated heterocycles. The van der Waals surface area contributed by atoms with Gasteiger partial charge in [-0.1, -0.05) is 12.2 Å². The Labute approximate surface area is 712 Å². The average Bonchev–Trinajstić information content (AvgIpc) is 1.25. The Bertz CT molecular complexity index is 2720. The fraction of sp³-hybridized carbons (Fsp3) is 0.908. The predicted octanol–water partition coefficient (Wildman–Crippen LogP) is 6.99. The Kier molecular flexibility index (Phi) is 57.5. The maximum absolute atomic E-state index is 10.7. The van der Waals surface area contributed by atoms with Crippen molar-refractivity contribution >= 4 is 35.8 Å². The molecular weight excluding hydrogens is 1520 g/mol. The van der Waals surface area contributed by atoms with E-state index in [4.69, 9.17) is 50.3 Å². The molecule has 696 valence electrons. The van der Waals surface area contributed by atoms with Crippen LogP contribution in [0, 0.1) is 5.92 Å². The second kappa shape index (κ2) is 59.6. The molecule has 0 aromatic rings. The van der Waals surface area contributed by atoms with Crippen molar-refractivity contribution in [1.29, 1.82) is 0 Å². The lowest BCUT2D eigenvalue weighted by Crippen LogP contribution is -2.55. The van der Waals surface area contributed by atoms with E-state index >= 15 is 0 Å². The molecule has 31 heteroatoms. The van der Waals surface area contributed by atoms with Gasteiger partial charge >= 0.3 is 35.8 Å². The molecule has 0 aromatic carbocycles. The largest absolute Gasteiger partial charge is 0.481 e. The van der Waals surface area contributed by atoms with E-state index in [1.807, 2.05) is 99.8 Å². The topological polar surface area (TPSA) is 382 Å². The number of carboxylic acids is 6. The van der Waals surface area contributed by atoms with Crippen LogP contribution in [0.5, 0.6) is 0 Å². The van der Waals surface area contributed by atoms with Crippen LogP contribution < -0.4 is 0 Å². The van der Waals surface area contributed by atoms with Crippen molar-refractivity contribution < 1.29 is 94.4 Å². The van der Waals surface area contributed by atoms with Crippen molar-refractivity contribution in [2.75, 3.05) is 139 Å². The molecule has 11 rings (SSSR count). The third kappa shape index (κ3) is 43.4. The number of aliphatic hydroxyl groups is 5. The molecule has 11 N–H and O–H groups in total. The molecule has 11 heterocycles. The fourth-order valence-corrected chi connectivity index (χ4v) is 15.0. The molecule has 0 bridgehead atoms. The summed E-state index contributed by atoms with van der Waals surface area (Å²) in [4.78, 5) is 89.3. The van der Waals surface area contributed by atoms with E-state index in [9.17, 15) is 44.1 Å². The minimum absolute atomic E-state index is 0.0441. The van der Waals surface area contributed by atoms with Crippen LogP contribution in [0.15, 0.2) is 12.2 Å². The summed E-state index contributed by atoms with van der Waals surface area (Å²) in [7, 11) is 5.61. The Hall–Kier alpha value is -4.20. The van der Waals surface area contributed by atoms with Gasteiger partial charge in [-0.3, -0.25) is 72.9 Å². The third-order valence-corrected chi connectivity index (χ3v) is 23.6. The molecule has 0 aliphatic carbocycles. The lowest BCUT2D eigenvalue weighted by molar-refractivity contribution is -0.149. The summed E-state index contributed by atoms with van der Waals surface area (Å²) < 4.78 is 10.0. The number of likely N-dealkylation sites (tertiary alicyclic amines) is 10. The maximum atomic E-state index is 10.7. The van der Waals surface area contributed by atoms with Gasteiger partial charge in [0.15, 0.2) is 0 Å². The number of ether oxygens (including phenoxy) is 2. The van der Waals surface area contributed by atoms with Crippen molar-refractivity contribution in [2.45, 2.75) is 370 Å². The zero-order chi connectivity index (χ0) is 90.9. The van der Waals surface area contributed by atoms with Crippen LogP contribution in [0.1, 0.15) is 230 Å². The molecule has 10 unspecified atom stereocenters. The maximum Gasteiger partial charge on any atom is 0.324 e. The monoisotopic (exact) mass is 1690 g/mol. The molecule has 11 aliphatic rings. The highest BCUT2D eigenvalue weighted by Crippen LogP contribution is 2.25. The van der Waals surface area contributed by atoms with Crippen LogP contribution in [0.3, 0.4) is 0 Å². The van der Waals surface area contributed by atoms with Crippen LogP contribution in [-0.4, -0.2) is 429 Å². The van der Waals surface area contributed by atoms with Gasteiger partial charge in [-0.25, -0.2) is 0 Å². The lowest BCUT2D eigenvalue weighted by atomic mass is 10.0. The summed E-state index contributed by atoms with van der Waals surface area (Å²) in [6.07, 6.45) is 11.6. The number of carbonyl (C=O) groups is 6. The summed E-state index contributed by atoms with van der Waals surface area (Å²) in [6.45, 7) is 67.2. The Morgan fingerprint density at radius 3 is 1.07 bits per heavy atom. The number of aliphatic hydroxyl groups excluding tert-OH is 5. The molecule has 10 atom stereocenters. The van der Waals surface area contributed by atoms with Crippen LogP contribution in [0.25, 0.3) is 0 Å². The first-order valence-electron chi connectivity index (χ1n) is 44.3. The van der Waals surface area contributed by atoms with Crippen molar-refractivity contribution in [3.63, 3.8) is 0 Å². The van der Waals surface area contributed by atoms with Crippen molar-refractivity contribution in [3.05, 3.63) is 12.2 Å². The van der Waals surface area contributed by atoms with Gasteiger partial charge in [-0.05, 0) is 257 Å². The van der Waals surface area contributed by atoms with Gasteiger partial charge in [0, 0.05) is 178 Å². The van der Waals surface area contributed by atoms with Gasteiger partial charge in [0.1, 0.15) is 36.4 Å². The SMILES string of the molecule is CC(C)N1CC(O)C1.CC(C)N1CC(O)CC1C(=O)O.CC(C)N1CC=CC1C(=O)O.CC(C)N1CCC(C(=O)O)C1.CC(C)N1CCC(O)C1.CC(C)N1CCC(O)C1C(=O)O.CC(C)N1CCC1.CC(C)N1CCC1C(=O)O.CC(C)N1CCCC1C(=O)O.CC(C)N1CCCC1O.COC1CN(C(C)C)C1.COCCN(C)C(C)C.